The highest BCUT2D eigenvalue weighted by atomic mass is 16.1. The normalized spacial score (nSPS) is 27.3. The number of carbonyl (C=O) groups excluding carboxylic acids is 1. The van der Waals surface area contributed by atoms with Crippen molar-refractivity contribution in [1.29, 1.82) is 5.26 Å². The highest BCUT2D eigenvalue weighted by Crippen LogP contribution is 2.23. The fourth-order valence-corrected chi connectivity index (χ4v) is 1.70. The van der Waals surface area contributed by atoms with Gasteiger partial charge in [0.2, 0.25) is 5.91 Å². The second kappa shape index (κ2) is 4.66. The van der Waals surface area contributed by atoms with E-state index in [0.29, 0.717) is 0 Å². The van der Waals surface area contributed by atoms with E-state index in [0.717, 1.165) is 25.7 Å². The number of hydrogen-bond acceptors (Lipinski definition) is 2. The van der Waals surface area contributed by atoms with E-state index in [1.54, 1.807) is 0 Å². The largest absolute Gasteiger partial charge is 0.349 e. The summed E-state index contributed by atoms with van der Waals surface area (Å²) in [4.78, 5) is 11.0. The second-order valence-corrected chi connectivity index (χ2v) is 3.34. The molecule has 70 valence electrons. The zero-order valence-corrected chi connectivity index (χ0v) is 7.62. The Morgan fingerprint density at radius 3 is 2.85 bits per heavy atom. The summed E-state index contributed by atoms with van der Waals surface area (Å²) in [6.45, 7) is 3.38. The van der Waals surface area contributed by atoms with Crippen LogP contribution in [-0.4, -0.2) is 11.9 Å². The molecule has 13 heavy (non-hydrogen) atoms. The van der Waals surface area contributed by atoms with Gasteiger partial charge in [0.15, 0.2) is 0 Å². The van der Waals surface area contributed by atoms with Crippen molar-refractivity contribution in [1.82, 2.24) is 5.32 Å². The molecule has 1 amide bonds. The highest BCUT2D eigenvalue weighted by molar-refractivity contribution is 5.87. The number of carbonyl (C=O) groups is 1. The van der Waals surface area contributed by atoms with Crippen LogP contribution < -0.4 is 5.32 Å². The number of rotatable bonds is 2. The van der Waals surface area contributed by atoms with Crippen LogP contribution >= 0.6 is 0 Å². The van der Waals surface area contributed by atoms with Gasteiger partial charge in [-0.05, 0) is 18.9 Å². The predicted molar refractivity (Wildman–Crippen MR) is 49.7 cm³/mol. The van der Waals surface area contributed by atoms with Crippen LogP contribution in [0.3, 0.4) is 0 Å². The molecule has 0 aliphatic heterocycles. The minimum atomic E-state index is -0.174. The Bertz CT molecular complexity index is 242. The molecule has 1 rings (SSSR count). The van der Waals surface area contributed by atoms with Gasteiger partial charge in [0.05, 0.1) is 12.0 Å². The van der Waals surface area contributed by atoms with Crippen LogP contribution in [-0.2, 0) is 4.79 Å². The minimum absolute atomic E-state index is 0.0161. The van der Waals surface area contributed by atoms with Gasteiger partial charge in [-0.25, -0.2) is 0 Å². The number of nitriles is 1. The number of hydrogen-bond donors (Lipinski definition) is 1. The van der Waals surface area contributed by atoms with E-state index < -0.39 is 0 Å². The third kappa shape index (κ3) is 2.59. The summed E-state index contributed by atoms with van der Waals surface area (Å²) in [5.74, 6) is -0.190. The molecule has 0 bridgehead atoms. The van der Waals surface area contributed by atoms with Crippen molar-refractivity contribution in [3.05, 3.63) is 12.7 Å². The van der Waals surface area contributed by atoms with Gasteiger partial charge < -0.3 is 5.32 Å². The Hall–Kier alpha value is -1.30. The summed E-state index contributed by atoms with van der Waals surface area (Å²) in [6.07, 6.45) is 5.26. The molecule has 2 atom stereocenters. The van der Waals surface area contributed by atoms with Gasteiger partial charge in [-0.15, -0.1) is 0 Å². The Morgan fingerprint density at radius 2 is 2.23 bits per heavy atom. The SMILES string of the molecule is C=CC(=O)NC1CCCCC1C#N. The molecule has 1 saturated carbocycles. The first kappa shape index (κ1) is 9.79. The molecule has 1 aliphatic carbocycles. The summed E-state index contributed by atoms with van der Waals surface area (Å²) in [7, 11) is 0. The van der Waals surface area contributed by atoms with Crippen molar-refractivity contribution < 1.29 is 4.79 Å². The Kier molecular flexibility index (Phi) is 3.51. The van der Waals surface area contributed by atoms with E-state index in [4.69, 9.17) is 5.26 Å². The topological polar surface area (TPSA) is 52.9 Å². The fraction of sp³-hybridized carbons (Fsp3) is 0.600. The van der Waals surface area contributed by atoms with Crippen molar-refractivity contribution in [2.75, 3.05) is 0 Å². The van der Waals surface area contributed by atoms with Gasteiger partial charge in [0.1, 0.15) is 0 Å². The quantitative estimate of drug-likeness (QED) is 0.649. The maximum absolute atomic E-state index is 11.0. The van der Waals surface area contributed by atoms with Gasteiger partial charge in [-0.2, -0.15) is 5.26 Å². The minimum Gasteiger partial charge on any atom is -0.349 e. The number of nitrogens with one attached hydrogen (secondary N) is 1. The number of nitrogens with zero attached hydrogens (tertiary/aromatic N) is 1. The molecule has 0 aromatic carbocycles. The van der Waals surface area contributed by atoms with Crippen LogP contribution in [0, 0.1) is 17.2 Å². The van der Waals surface area contributed by atoms with Crippen LogP contribution in [0.25, 0.3) is 0 Å². The van der Waals surface area contributed by atoms with Gasteiger partial charge in [0, 0.05) is 6.04 Å². The lowest BCUT2D eigenvalue weighted by atomic mass is 9.85. The zero-order valence-electron chi connectivity index (χ0n) is 7.62. The van der Waals surface area contributed by atoms with Crippen molar-refractivity contribution in [2.45, 2.75) is 31.7 Å². The standard InChI is InChI=1S/C10H14N2O/c1-2-10(13)12-9-6-4-3-5-8(9)7-11/h2,8-9H,1,3-6H2,(H,12,13). The first-order chi connectivity index (χ1) is 6.27. The van der Waals surface area contributed by atoms with Gasteiger partial charge in [-0.1, -0.05) is 19.4 Å². The average molecular weight is 178 g/mol. The Labute approximate surface area is 78.4 Å². The molecule has 1 aliphatic rings. The molecule has 3 nitrogen and oxygen atoms in total. The summed E-state index contributed by atoms with van der Waals surface area (Å²) in [6, 6.07) is 2.27. The third-order valence-electron chi connectivity index (χ3n) is 2.44. The Balaban J connectivity index is 2.50. The average Bonchev–Trinajstić information content (AvgIpc) is 2.18. The van der Waals surface area contributed by atoms with Crippen molar-refractivity contribution in [3.63, 3.8) is 0 Å². The molecule has 0 heterocycles. The monoisotopic (exact) mass is 178 g/mol. The molecule has 2 unspecified atom stereocenters. The summed E-state index contributed by atoms with van der Waals surface area (Å²) < 4.78 is 0. The van der Waals surface area contributed by atoms with Crippen LogP contribution in [0.4, 0.5) is 0 Å². The van der Waals surface area contributed by atoms with E-state index in [2.05, 4.69) is 18.0 Å². The Morgan fingerprint density at radius 1 is 1.54 bits per heavy atom. The lowest BCUT2D eigenvalue weighted by Gasteiger charge is -2.26. The number of amides is 1. The molecular formula is C10H14N2O. The first-order valence-corrected chi connectivity index (χ1v) is 4.60. The molecule has 0 radical (unpaired) electrons. The molecular weight excluding hydrogens is 164 g/mol. The first-order valence-electron chi connectivity index (χ1n) is 4.60. The van der Waals surface area contributed by atoms with E-state index in [1.165, 1.54) is 6.08 Å². The van der Waals surface area contributed by atoms with E-state index in [1.807, 2.05) is 0 Å². The highest BCUT2D eigenvalue weighted by Gasteiger charge is 2.25. The third-order valence-corrected chi connectivity index (χ3v) is 2.44. The lowest BCUT2D eigenvalue weighted by molar-refractivity contribution is -0.117. The van der Waals surface area contributed by atoms with Crippen molar-refractivity contribution in [3.8, 4) is 6.07 Å². The van der Waals surface area contributed by atoms with Crippen LogP contribution in [0.2, 0.25) is 0 Å². The smallest absolute Gasteiger partial charge is 0.243 e. The molecule has 0 saturated heterocycles. The maximum atomic E-state index is 11.0. The van der Waals surface area contributed by atoms with Gasteiger partial charge >= 0.3 is 0 Å². The van der Waals surface area contributed by atoms with E-state index in [9.17, 15) is 4.79 Å². The van der Waals surface area contributed by atoms with Gasteiger partial charge in [-0.3, -0.25) is 4.79 Å². The van der Waals surface area contributed by atoms with Crippen LogP contribution in [0.5, 0.6) is 0 Å². The van der Waals surface area contributed by atoms with Gasteiger partial charge in [0.25, 0.3) is 0 Å². The summed E-state index contributed by atoms with van der Waals surface area (Å²) in [5.41, 5.74) is 0. The van der Waals surface area contributed by atoms with E-state index >= 15 is 0 Å². The second-order valence-electron chi connectivity index (χ2n) is 3.34. The molecule has 1 fully saturated rings. The maximum Gasteiger partial charge on any atom is 0.243 e. The summed E-state index contributed by atoms with van der Waals surface area (Å²) in [5, 5.41) is 11.6. The molecule has 3 heteroatoms. The molecule has 0 aromatic heterocycles. The van der Waals surface area contributed by atoms with Crippen LogP contribution in [0.15, 0.2) is 12.7 Å². The van der Waals surface area contributed by atoms with Crippen molar-refractivity contribution >= 4 is 5.91 Å². The van der Waals surface area contributed by atoms with Crippen molar-refractivity contribution in [2.24, 2.45) is 5.92 Å². The van der Waals surface area contributed by atoms with Crippen LogP contribution in [0.1, 0.15) is 25.7 Å². The predicted octanol–water partition coefficient (Wildman–Crippen LogP) is 1.37. The molecule has 0 aromatic rings. The zero-order chi connectivity index (χ0) is 9.68. The molecule has 0 spiro atoms. The molecule has 1 N–H and O–H groups in total. The summed E-state index contributed by atoms with van der Waals surface area (Å²) >= 11 is 0. The fourth-order valence-electron chi connectivity index (χ4n) is 1.70. The lowest BCUT2D eigenvalue weighted by Crippen LogP contribution is -2.40. The van der Waals surface area contributed by atoms with E-state index in [-0.39, 0.29) is 17.9 Å².